The average molecular weight is 441 g/mol. The molecule has 0 fully saturated rings. The van der Waals surface area contributed by atoms with Crippen LogP contribution in [0.4, 0.5) is 19.6 Å². The summed E-state index contributed by atoms with van der Waals surface area (Å²) in [5.41, 5.74) is 1.36. The van der Waals surface area contributed by atoms with Crippen LogP contribution in [-0.2, 0) is 4.79 Å². The molecule has 0 aliphatic carbocycles. The first-order chi connectivity index (χ1) is 14.9. The number of hydrogen-bond acceptors (Lipinski definition) is 5. The van der Waals surface area contributed by atoms with Gasteiger partial charge in [-0.15, -0.1) is 11.3 Å². The molecular weight excluding hydrogens is 424 g/mol. The highest BCUT2D eigenvalue weighted by Gasteiger charge is 2.25. The maximum absolute atomic E-state index is 13.8. The van der Waals surface area contributed by atoms with Gasteiger partial charge in [0.25, 0.3) is 5.91 Å². The number of carbonyl (C=O) groups is 2. The normalized spacial score (nSPS) is 13.9. The number of anilines is 2. The third kappa shape index (κ3) is 4.31. The number of nitrogens with one attached hydrogen (secondary N) is 1. The molecule has 3 aromatic rings. The Morgan fingerprint density at radius 3 is 2.42 bits per heavy atom. The van der Waals surface area contributed by atoms with E-state index >= 15 is 0 Å². The number of carboxylic acid groups (broad SMARTS) is 1. The summed E-state index contributed by atoms with van der Waals surface area (Å²) >= 11 is 1.48. The lowest BCUT2D eigenvalue weighted by atomic mass is 9.94. The topological polar surface area (TPSA) is 82.5 Å². The monoisotopic (exact) mass is 441 g/mol. The van der Waals surface area contributed by atoms with Crippen LogP contribution >= 0.6 is 11.3 Å². The minimum Gasteiger partial charge on any atom is -0.478 e. The Hall–Kier alpha value is -3.59. The molecule has 0 saturated heterocycles. The number of hydrogen-bond donors (Lipinski definition) is 2. The summed E-state index contributed by atoms with van der Waals surface area (Å²) in [7, 11) is 0. The number of rotatable bonds is 5. The summed E-state index contributed by atoms with van der Waals surface area (Å²) in [6, 6.07) is 9.70. The maximum Gasteiger partial charge on any atom is 0.331 e. The Morgan fingerprint density at radius 1 is 1.10 bits per heavy atom. The van der Waals surface area contributed by atoms with Crippen molar-refractivity contribution in [1.29, 1.82) is 0 Å². The van der Waals surface area contributed by atoms with Gasteiger partial charge in [-0.2, -0.15) is 0 Å². The van der Waals surface area contributed by atoms with Crippen LogP contribution in [0.15, 0.2) is 59.6 Å². The first kappa shape index (κ1) is 20.7. The van der Waals surface area contributed by atoms with E-state index < -0.39 is 29.1 Å². The second-order valence-electron chi connectivity index (χ2n) is 6.88. The van der Waals surface area contributed by atoms with E-state index in [-0.39, 0.29) is 0 Å². The zero-order valence-corrected chi connectivity index (χ0v) is 17.0. The molecule has 2 heterocycles. The standard InChI is InChI=1S/C22H17F2N3O3S/c23-17-2-1-3-18(24)19(17)20(28)26-14-6-4-13(5-7-14)16-12-27(22-25-9-11-31-22)10-8-15(16)21(29)30/h1-7,9,11H,8,10,12H2,(H,26,28)(H,29,30). The zero-order chi connectivity index (χ0) is 22.0. The molecule has 1 aliphatic heterocycles. The van der Waals surface area contributed by atoms with Crippen LogP contribution < -0.4 is 10.2 Å². The largest absolute Gasteiger partial charge is 0.478 e. The van der Waals surface area contributed by atoms with Crippen molar-refractivity contribution < 1.29 is 23.5 Å². The number of aromatic nitrogens is 1. The molecule has 1 aliphatic rings. The van der Waals surface area contributed by atoms with Crippen LogP contribution in [0.1, 0.15) is 22.3 Å². The highest BCUT2D eigenvalue weighted by atomic mass is 32.1. The molecule has 9 heteroatoms. The molecule has 31 heavy (non-hydrogen) atoms. The number of halogens is 2. The van der Waals surface area contributed by atoms with Crippen LogP contribution in [0.2, 0.25) is 0 Å². The predicted octanol–water partition coefficient (Wildman–Crippen LogP) is 4.42. The van der Waals surface area contributed by atoms with Crippen LogP contribution in [0.3, 0.4) is 0 Å². The van der Waals surface area contributed by atoms with E-state index in [2.05, 4.69) is 10.3 Å². The molecule has 0 radical (unpaired) electrons. The number of amides is 1. The van der Waals surface area contributed by atoms with Crippen molar-refractivity contribution in [1.82, 2.24) is 4.98 Å². The van der Waals surface area contributed by atoms with Crippen molar-refractivity contribution in [3.05, 3.63) is 82.4 Å². The summed E-state index contributed by atoms with van der Waals surface area (Å²) in [5, 5.41) is 14.8. The number of carbonyl (C=O) groups excluding carboxylic acids is 1. The summed E-state index contributed by atoms with van der Waals surface area (Å²) in [6.07, 6.45) is 2.07. The third-order valence-corrected chi connectivity index (χ3v) is 5.81. The second-order valence-corrected chi connectivity index (χ2v) is 7.75. The summed E-state index contributed by atoms with van der Waals surface area (Å²) in [6.45, 7) is 0.947. The third-order valence-electron chi connectivity index (χ3n) is 4.97. The number of carboxylic acids is 1. The van der Waals surface area contributed by atoms with Crippen molar-refractivity contribution in [3.8, 4) is 0 Å². The fourth-order valence-electron chi connectivity index (χ4n) is 3.46. The van der Waals surface area contributed by atoms with E-state index in [9.17, 15) is 23.5 Å². The molecule has 158 valence electrons. The minimum absolute atomic E-state index is 0.331. The molecular formula is C22H17F2N3O3S. The molecule has 1 aromatic heterocycles. The van der Waals surface area contributed by atoms with Crippen LogP contribution in [0, 0.1) is 11.6 Å². The van der Waals surface area contributed by atoms with Gasteiger partial charge < -0.3 is 15.3 Å². The van der Waals surface area contributed by atoms with Gasteiger partial charge in [-0.05, 0) is 41.8 Å². The highest BCUT2D eigenvalue weighted by Crippen LogP contribution is 2.31. The summed E-state index contributed by atoms with van der Waals surface area (Å²) < 4.78 is 27.6. The van der Waals surface area contributed by atoms with Crippen molar-refractivity contribution in [2.45, 2.75) is 6.42 Å². The first-order valence-corrected chi connectivity index (χ1v) is 10.3. The Balaban J connectivity index is 1.57. The van der Waals surface area contributed by atoms with Crippen molar-refractivity contribution in [2.75, 3.05) is 23.3 Å². The SMILES string of the molecule is O=C(O)C1=C(c2ccc(NC(=O)c3c(F)cccc3F)cc2)CN(c2nccs2)CC1. The van der Waals surface area contributed by atoms with Gasteiger partial charge in [0.2, 0.25) is 0 Å². The van der Waals surface area contributed by atoms with Gasteiger partial charge in [0.15, 0.2) is 5.13 Å². The average Bonchev–Trinajstić information content (AvgIpc) is 3.29. The van der Waals surface area contributed by atoms with E-state index in [1.807, 2.05) is 10.3 Å². The fraction of sp³-hybridized carbons (Fsp3) is 0.136. The molecule has 6 nitrogen and oxygen atoms in total. The van der Waals surface area contributed by atoms with Crippen molar-refractivity contribution >= 4 is 39.6 Å². The summed E-state index contributed by atoms with van der Waals surface area (Å²) in [5.74, 6) is -3.77. The number of benzene rings is 2. The van der Waals surface area contributed by atoms with Gasteiger partial charge in [0.05, 0.1) is 0 Å². The highest BCUT2D eigenvalue weighted by molar-refractivity contribution is 7.13. The number of aliphatic carboxylic acids is 1. The van der Waals surface area contributed by atoms with E-state index in [0.29, 0.717) is 41.9 Å². The van der Waals surface area contributed by atoms with Crippen LogP contribution in [0.5, 0.6) is 0 Å². The molecule has 2 aromatic carbocycles. The molecule has 0 spiro atoms. The lowest BCUT2D eigenvalue weighted by molar-refractivity contribution is -0.132. The Morgan fingerprint density at radius 2 is 1.81 bits per heavy atom. The van der Waals surface area contributed by atoms with Gasteiger partial charge in [-0.3, -0.25) is 4.79 Å². The lowest BCUT2D eigenvalue weighted by Gasteiger charge is -2.29. The minimum atomic E-state index is -0.971. The van der Waals surface area contributed by atoms with Crippen LogP contribution in [0.25, 0.3) is 5.57 Å². The van der Waals surface area contributed by atoms with Gasteiger partial charge in [0.1, 0.15) is 17.2 Å². The van der Waals surface area contributed by atoms with Gasteiger partial charge in [0, 0.05) is 35.9 Å². The first-order valence-electron chi connectivity index (χ1n) is 9.39. The van der Waals surface area contributed by atoms with Crippen molar-refractivity contribution in [2.24, 2.45) is 0 Å². The van der Waals surface area contributed by atoms with Gasteiger partial charge in [-0.1, -0.05) is 18.2 Å². The second kappa shape index (κ2) is 8.65. The van der Waals surface area contributed by atoms with E-state index in [1.165, 1.54) is 17.4 Å². The Kier molecular flexibility index (Phi) is 5.77. The van der Waals surface area contributed by atoms with E-state index in [4.69, 9.17) is 0 Å². The smallest absolute Gasteiger partial charge is 0.331 e. The molecule has 2 N–H and O–H groups in total. The van der Waals surface area contributed by atoms with Gasteiger partial charge >= 0.3 is 5.97 Å². The van der Waals surface area contributed by atoms with E-state index in [0.717, 1.165) is 17.3 Å². The molecule has 4 rings (SSSR count). The number of thiazole rings is 1. The Bertz CT molecular complexity index is 1140. The predicted molar refractivity (Wildman–Crippen MR) is 114 cm³/mol. The Labute approximate surface area is 180 Å². The molecule has 0 bridgehead atoms. The molecule has 1 amide bonds. The number of nitrogens with zero attached hydrogens (tertiary/aromatic N) is 2. The molecule has 0 unspecified atom stereocenters. The van der Waals surface area contributed by atoms with E-state index in [1.54, 1.807) is 30.5 Å². The maximum atomic E-state index is 13.8. The van der Waals surface area contributed by atoms with Gasteiger partial charge in [-0.25, -0.2) is 18.6 Å². The van der Waals surface area contributed by atoms with Crippen LogP contribution in [-0.4, -0.2) is 35.1 Å². The molecule has 0 atom stereocenters. The lowest BCUT2D eigenvalue weighted by Crippen LogP contribution is -2.32. The molecule has 0 saturated carbocycles. The fourth-order valence-corrected chi connectivity index (χ4v) is 4.13. The van der Waals surface area contributed by atoms with Crippen molar-refractivity contribution in [3.63, 3.8) is 0 Å². The zero-order valence-electron chi connectivity index (χ0n) is 16.1. The quantitative estimate of drug-likeness (QED) is 0.613. The summed E-state index contributed by atoms with van der Waals surface area (Å²) in [4.78, 5) is 30.3.